The Morgan fingerprint density at radius 2 is 0.806 bits per heavy atom. The van der Waals surface area contributed by atoms with Crippen molar-refractivity contribution in [3.05, 3.63) is 0 Å². The van der Waals surface area contributed by atoms with E-state index in [2.05, 4.69) is 38.0 Å². The van der Waals surface area contributed by atoms with Gasteiger partial charge in [-0.1, -0.05) is 123 Å². The normalized spacial score (nSPS) is 12.7. The Bertz CT molecular complexity index is 318. The second-order valence-corrected chi connectivity index (χ2v) is 10.2. The maximum atomic E-state index is 3.39. The zero-order chi connectivity index (χ0) is 22.8. The lowest BCUT2D eigenvalue weighted by Crippen LogP contribution is -2.29. The molecule has 0 amide bonds. The molecule has 0 saturated carbocycles. The van der Waals surface area contributed by atoms with Crippen LogP contribution in [0.3, 0.4) is 0 Å². The zero-order valence-electron chi connectivity index (χ0n) is 22.5. The van der Waals surface area contributed by atoms with Crippen LogP contribution in [0.2, 0.25) is 0 Å². The number of hydrogen-bond acceptors (Lipinski definition) is 2. The summed E-state index contributed by atoms with van der Waals surface area (Å²) in [5, 5.41) is 3.39. The highest BCUT2D eigenvalue weighted by atomic mass is 15.1. The van der Waals surface area contributed by atoms with E-state index in [1.165, 1.54) is 154 Å². The fourth-order valence-corrected chi connectivity index (χ4v) is 4.57. The van der Waals surface area contributed by atoms with Crippen molar-refractivity contribution >= 4 is 0 Å². The molecule has 2 nitrogen and oxygen atoms in total. The maximum Gasteiger partial charge on any atom is 0.00362 e. The van der Waals surface area contributed by atoms with Crippen LogP contribution in [0.15, 0.2) is 0 Å². The van der Waals surface area contributed by atoms with Crippen molar-refractivity contribution in [2.24, 2.45) is 0 Å². The molecule has 0 heterocycles. The van der Waals surface area contributed by atoms with Crippen LogP contribution in [0.25, 0.3) is 0 Å². The van der Waals surface area contributed by atoms with Crippen molar-refractivity contribution in [3.63, 3.8) is 0 Å². The summed E-state index contributed by atoms with van der Waals surface area (Å²) in [4.78, 5) is 2.78. The molecule has 0 radical (unpaired) electrons. The van der Waals surface area contributed by atoms with Gasteiger partial charge in [-0.3, -0.25) is 0 Å². The highest BCUT2D eigenvalue weighted by Gasteiger charge is 2.06. The zero-order valence-corrected chi connectivity index (χ0v) is 22.5. The molecule has 31 heavy (non-hydrogen) atoms. The average Bonchev–Trinajstić information content (AvgIpc) is 2.78. The summed E-state index contributed by atoms with van der Waals surface area (Å²) in [6, 6.07) is 0.659. The van der Waals surface area contributed by atoms with E-state index in [-0.39, 0.29) is 0 Å². The molecule has 0 aromatic rings. The second kappa shape index (κ2) is 26.2. The summed E-state index contributed by atoms with van der Waals surface area (Å²) >= 11 is 0. The SMILES string of the molecule is CCCCCCCCCCCCCCCN(CCCCCCCC)CCCC(C)NC. The molecule has 0 aliphatic carbocycles. The van der Waals surface area contributed by atoms with E-state index in [0.29, 0.717) is 6.04 Å². The summed E-state index contributed by atoms with van der Waals surface area (Å²) in [6.07, 6.45) is 30.0. The van der Waals surface area contributed by atoms with Crippen LogP contribution >= 0.6 is 0 Å². The fraction of sp³-hybridized carbons (Fsp3) is 1.00. The molecule has 2 heteroatoms. The van der Waals surface area contributed by atoms with Gasteiger partial charge in [0.25, 0.3) is 0 Å². The summed E-state index contributed by atoms with van der Waals surface area (Å²) in [5.74, 6) is 0. The first-order chi connectivity index (χ1) is 15.2. The van der Waals surface area contributed by atoms with E-state index in [1.807, 2.05) is 0 Å². The third-order valence-electron chi connectivity index (χ3n) is 7.01. The minimum atomic E-state index is 0.659. The lowest BCUT2D eigenvalue weighted by Gasteiger charge is -2.23. The standard InChI is InChI=1S/C29H62N2/c1-5-7-9-11-13-14-15-16-17-18-19-21-23-27-31(28-24-25-29(3)30-4)26-22-20-12-10-8-6-2/h29-30H,5-28H2,1-4H3. The van der Waals surface area contributed by atoms with Gasteiger partial charge in [-0.2, -0.15) is 0 Å². The first kappa shape index (κ1) is 30.9. The Morgan fingerprint density at radius 3 is 1.16 bits per heavy atom. The summed E-state index contributed by atoms with van der Waals surface area (Å²) < 4.78 is 0. The minimum absolute atomic E-state index is 0.659. The van der Waals surface area contributed by atoms with Crippen molar-refractivity contribution in [1.29, 1.82) is 0 Å². The van der Waals surface area contributed by atoms with E-state index in [4.69, 9.17) is 0 Å². The number of hydrogen-bond donors (Lipinski definition) is 1. The number of nitrogens with one attached hydrogen (secondary N) is 1. The van der Waals surface area contributed by atoms with Gasteiger partial charge in [0.2, 0.25) is 0 Å². The Kier molecular flexibility index (Phi) is 26.1. The van der Waals surface area contributed by atoms with E-state index in [9.17, 15) is 0 Å². The molecule has 188 valence electrons. The predicted molar refractivity (Wildman–Crippen MR) is 143 cm³/mol. The Hall–Kier alpha value is -0.0800. The van der Waals surface area contributed by atoms with Crippen molar-refractivity contribution in [2.75, 3.05) is 26.7 Å². The van der Waals surface area contributed by atoms with Crippen molar-refractivity contribution in [2.45, 2.75) is 162 Å². The molecule has 0 bridgehead atoms. The van der Waals surface area contributed by atoms with Gasteiger partial charge >= 0.3 is 0 Å². The third-order valence-corrected chi connectivity index (χ3v) is 7.01. The molecule has 1 unspecified atom stereocenters. The van der Waals surface area contributed by atoms with Crippen LogP contribution in [0, 0.1) is 0 Å². The fourth-order valence-electron chi connectivity index (χ4n) is 4.57. The maximum absolute atomic E-state index is 3.39. The van der Waals surface area contributed by atoms with E-state index in [0.717, 1.165) is 0 Å². The number of nitrogens with zero attached hydrogens (tertiary/aromatic N) is 1. The molecule has 1 N–H and O–H groups in total. The first-order valence-corrected chi connectivity index (χ1v) is 14.6. The average molecular weight is 439 g/mol. The Labute approximate surface area is 198 Å². The largest absolute Gasteiger partial charge is 0.317 e. The van der Waals surface area contributed by atoms with Gasteiger partial charge in [0.15, 0.2) is 0 Å². The lowest BCUT2D eigenvalue weighted by atomic mass is 10.0. The van der Waals surface area contributed by atoms with Gasteiger partial charge in [-0.05, 0) is 59.3 Å². The van der Waals surface area contributed by atoms with Gasteiger partial charge in [0.05, 0.1) is 0 Å². The quantitative estimate of drug-likeness (QED) is 0.135. The summed E-state index contributed by atoms with van der Waals surface area (Å²) in [5.41, 5.74) is 0. The van der Waals surface area contributed by atoms with Gasteiger partial charge in [0, 0.05) is 6.04 Å². The van der Waals surface area contributed by atoms with Crippen molar-refractivity contribution < 1.29 is 0 Å². The van der Waals surface area contributed by atoms with E-state index >= 15 is 0 Å². The van der Waals surface area contributed by atoms with Crippen LogP contribution in [0.1, 0.15) is 156 Å². The molecule has 0 saturated heterocycles. The van der Waals surface area contributed by atoms with E-state index in [1.54, 1.807) is 0 Å². The van der Waals surface area contributed by atoms with Crippen LogP contribution < -0.4 is 5.32 Å². The van der Waals surface area contributed by atoms with Crippen molar-refractivity contribution in [3.8, 4) is 0 Å². The van der Waals surface area contributed by atoms with Crippen molar-refractivity contribution in [1.82, 2.24) is 10.2 Å². The van der Waals surface area contributed by atoms with Crippen LogP contribution in [-0.4, -0.2) is 37.6 Å². The Balaban J connectivity index is 3.69. The number of rotatable bonds is 26. The molecule has 0 aromatic carbocycles. The molecule has 1 atom stereocenters. The van der Waals surface area contributed by atoms with Gasteiger partial charge in [0.1, 0.15) is 0 Å². The van der Waals surface area contributed by atoms with E-state index < -0.39 is 0 Å². The monoisotopic (exact) mass is 438 g/mol. The topological polar surface area (TPSA) is 15.3 Å². The number of unbranched alkanes of at least 4 members (excludes halogenated alkanes) is 17. The second-order valence-electron chi connectivity index (χ2n) is 10.2. The predicted octanol–water partition coefficient (Wildman–Crippen LogP) is 9.13. The first-order valence-electron chi connectivity index (χ1n) is 14.6. The molecule has 0 rings (SSSR count). The smallest absolute Gasteiger partial charge is 0.00362 e. The van der Waals surface area contributed by atoms with Crippen LogP contribution in [0.5, 0.6) is 0 Å². The molecule has 0 aliphatic heterocycles. The summed E-state index contributed by atoms with van der Waals surface area (Å²) in [7, 11) is 2.09. The highest BCUT2D eigenvalue weighted by molar-refractivity contribution is 4.63. The minimum Gasteiger partial charge on any atom is -0.317 e. The van der Waals surface area contributed by atoms with Gasteiger partial charge in [-0.15, -0.1) is 0 Å². The molecular formula is C29H62N2. The molecule has 0 fully saturated rings. The highest BCUT2D eigenvalue weighted by Crippen LogP contribution is 2.13. The molecule has 0 spiro atoms. The molecule has 0 aliphatic rings. The molecular weight excluding hydrogens is 376 g/mol. The van der Waals surface area contributed by atoms with Gasteiger partial charge in [-0.25, -0.2) is 0 Å². The lowest BCUT2D eigenvalue weighted by molar-refractivity contribution is 0.252. The molecule has 0 aromatic heterocycles. The van der Waals surface area contributed by atoms with Crippen LogP contribution in [0.4, 0.5) is 0 Å². The summed E-state index contributed by atoms with van der Waals surface area (Å²) in [6.45, 7) is 10.9. The van der Waals surface area contributed by atoms with Crippen LogP contribution in [-0.2, 0) is 0 Å². The Morgan fingerprint density at radius 1 is 0.484 bits per heavy atom. The van der Waals surface area contributed by atoms with Gasteiger partial charge < -0.3 is 10.2 Å². The third kappa shape index (κ3) is 24.4.